The zero-order chi connectivity index (χ0) is 20.9. The minimum atomic E-state index is -2.08. The van der Waals surface area contributed by atoms with E-state index in [4.69, 9.17) is 0 Å². The highest BCUT2D eigenvalue weighted by molar-refractivity contribution is 5.49. The van der Waals surface area contributed by atoms with Gasteiger partial charge in [0, 0.05) is 13.0 Å². The zero-order valence-corrected chi connectivity index (χ0v) is 15.4. The Morgan fingerprint density at radius 3 is 1.62 bits per heavy atom. The monoisotopic (exact) mass is 375 g/mol. The van der Waals surface area contributed by atoms with Gasteiger partial charge in [-0.1, -0.05) is 60.7 Å². The molecule has 1 aliphatic heterocycles. The molecule has 1 atom stereocenters. The molecule has 1 radical (unpaired) electrons. The van der Waals surface area contributed by atoms with E-state index >= 15 is 0 Å². The summed E-state index contributed by atoms with van der Waals surface area (Å²) in [5.41, 5.74) is -2.58. The maximum absolute atomic E-state index is 10.1. The average molecular weight is 375 g/mol. The van der Waals surface area contributed by atoms with Crippen molar-refractivity contribution < 1.29 is 0 Å². The molecule has 0 aliphatic carbocycles. The van der Waals surface area contributed by atoms with Crippen molar-refractivity contribution in [1.29, 1.82) is 26.3 Å². The summed E-state index contributed by atoms with van der Waals surface area (Å²) in [4.78, 5) is 1.53. The number of benzene rings is 2. The molecule has 0 N–H and O–H groups in total. The van der Waals surface area contributed by atoms with Crippen molar-refractivity contribution in [3.63, 3.8) is 0 Å². The molecule has 6 nitrogen and oxygen atoms in total. The van der Waals surface area contributed by atoms with Gasteiger partial charge in [-0.05, 0) is 11.1 Å². The summed E-state index contributed by atoms with van der Waals surface area (Å²) >= 11 is 0. The third-order valence-corrected chi connectivity index (χ3v) is 5.23. The first-order valence-corrected chi connectivity index (χ1v) is 8.88. The van der Waals surface area contributed by atoms with Crippen LogP contribution in [0.2, 0.25) is 0 Å². The first kappa shape index (κ1) is 19.6. The van der Waals surface area contributed by atoms with Gasteiger partial charge in [0.1, 0.15) is 12.1 Å². The third kappa shape index (κ3) is 2.98. The Bertz CT molecular complexity index is 1020. The lowest BCUT2D eigenvalue weighted by atomic mass is 9.63. The van der Waals surface area contributed by atoms with Gasteiger partial charge < -0.3 is 0 Å². The van der Waals surface area contributed by atoms with Crippen LogP contribution in [0.1, 0.15) is 17.2 Å². The summed E-state index contributed by atoms with van der Waals surface area (Å²) in [6.45, 7) is 0.0389. The Morgan fingerprint density at radius 2 is 1.24 bits per heavy atom. The normalized spacial score (nSPS) is 19.7. The molecule has 1 aliphatic rings. The van der Waals surface area contributed by atoms with Gasteiger partial charge in [-0.25, -0.2) is 0 Å². The summed E-state index contributed by atoms with van der Waals surface area (Å²) < 4.78 is 0. The molecule has 3 rings (SSSR count). The lowest BCUT2D eigenvalue weighted by Gasteiger charge is -2.49. The summed E-state index contributed by atoms with van der Waals surface area (Å²) in [5, 5.41) is 49.5. The summed E-state index contributed by atoms with van der Waals surface area (Å²) in [7, 11) is 0. The highest BCUT2D eigenvalue weighted by Crippen LogP contribution is 2.49. The van der Waals surface area contributed by atoms with Crippen LogP contribution in [0, 0.1) is 74.4 Å². The quantitative estimate of drug-likeness (QED) is 0.811. The van der Waals surface area contributed by atoms with Crippen molar-refractivity contribution in [3.05, 3.63) is 78.2 Å². The highest BCUT2D eigenvalue weighted by Gasteiger charge is 2.64. The topological polar surface area (TPSA) is 122 Å². The van der Waals surface area contributed by atoms with Gasteiger partial charge in [0.05, 0.1) is 30.2 Å². The van der Waals surface area contributed by atoms with E-state index in [1.54, 1.807) is 0 Å². The number of likely N-dealkylation sites (tertiary alicyclic amines) is 1. The van der Waals surface area contributed by atoms with Gasteiger partial charge in [0.15, 0.2) is 5.41 Å². The van der Waals surface area contributed by atoms with Crippen LogP contribution in [-0.2, 0) is 0 Å². The van der Waals surface area contributed by atoms with Crippen LogP contribution in [0.5, 0.6) is 0 Å². The fourth-order valence-corrected chi connectivity index (χ4v) is 3.84. The molecule has 29 heavy (non-hydrogen) atoms. The number of rotatable bonds is 3. The van der Waals surface area contributed by atoms with E-state index < -0.39 is 22.9 Å². The molecule has 1 heterocycles. The van der Waals surface area contributed by atoms with Crippen LogP contribution >= 0.6 is 0 Å². The van der Waals surface area contributed by atoms with E-state index in [1.807, 2.05) is 84.9 Å². The minimum Gasteiger partial charge on any atom is -0.259 e. The van der Waals surface area contributed by atoms with Crippen molar-refractivity contribution in [3.8, 4) is 30.3 Å². The Balaban J connectivity index is 2.32. The van der Waals surface area contributed by atoms with Crippen molar-refractivity contribution in [2.75, 3.05) is 6.54 Å². The minimum absolute atomic E-state index is 0.0389. The fourth-order valence-electron chi connectivity index (χ4n) is 3.84. The maximum atomic E-state index is 10.1. The number of hydrogen-bond donors (Lipinski definition) is 0. The molecule has 0 aromatic heterocycles. The Hall–Kier alpha value is -4.15. The highest BCUT2D eigenvalue weighted by atomic mass is 15.3. The van der Waals surface area contributed by atoms with E-state index in [1.165, 1.54) is 11.3 Å². The molecule has 0 saturated carbocycles. The number of hydrogen-bond acceptors (Lipinski definition) is 6. The van der Waals surface area contributed by atoms with Gasteiger partial charge in [0.2, 0.25) is 5.54 Å². The molecular formula is C23H15N6. The second kappa shape index (κ2) is 7.84. The zero-order valence-electron chi connectivity index (χ0n) is 15.4. The van der Waals surface area contributed by atoms with E-state index in [2.05, 4.69) is 6.07 Å². The van der Waals surface area contributed by atoms with Gasteiger partial charge in [-0.2, -0.15) is 26.3 Å². The first-order valence-electron chi connectivity index (χ1n) is 8.88. The van der Waals surface area contributed by atoms with Gasteiger partial charge >= 0.3 is 0 Å². The molecule has 1 fully saturated rings. The van der Waals surface area contributed by atoms with Crippen LogP contribution in [0.25, 0.3) is 0 Å². The predicted octanol–water partition coefficient (Wildman–Crippen LogP) is 3.26. The molecular weight excluding hydrogens is 360 g/mol. The largest absolute Gasteiger partial charge is 0.259 e. The molecule has 0 spiro atoms. The van der Waals surface area contributed by atoms with Crippen LogP contribution < -0.4 is 0 Å². The summed E-state index contributed by atoms with van der Waals surface area (Å²) in [6.07, 6.45) is 1.24. The number of nitriles is 5. The second-order valence-electron chi connectivity index (χ2n) is 6.74. The van der Waals surface area contributed by atoms with Crippen LogP contribution in [0.4, 0.5) is 0 Å². The predicted molar refractivity (Wildman–Crippen MR) is 102 cm³/mol. The van der Waals surface area contributed by atoms with Gasteiger partial charge in [-0.15, -0.1) is 0 Å². The van der Waals surface area contributed by atoms with Crippen LogP contribution in [0.15, 0.2) is 60.7 Å². The third-order valence-electron chi connectivity index (χ3n) is 5.23. The molecule has 1 unspecified atom stereocenters. The second-order valence-corrected chi connectivity index (χ2v) is 6.74. The molecule has 2 aromatic rings. The summed E-state index contributed by atoms with van der Waals surface area (Å²) in [6, 6.07) is 27.6. The van der Waals surface area contributed by atoms with E-state index in [0.717, 1.165) is 11.1 Å². The number of nitrogens with zero attached hydrogens (tertiary/aromatic N) is 6. The van der Waals surface area contributed by atoms with Crippen molar-refractivity contribution >= 4 is 0 Å². The molecule has 0 bridgehead atoms. The van der Waals surface area contributed by atoms with E-state index in [0.29, 0.717) is 0 Å². The van der Waals surface area contributed by atoms with Crippen molar-refractivity contribution in [2.45, 2.75) is 11.6 Å². The van der Waals surface area contributed by atoms with Gasteiger partial charge in [-0.3, -0.25) is 4.90 Å². The standard InChI is InChI=1S/C23H15N6/c24-12-18-11-22(14-25,15-26)23(16-27,17-28)29(13-18)21(19-7-3-1-4-8-19)20-9-5-2-6-10-20/h1-11,18,21H,13H2. The Labute approximate surface area is 169 Å². The van der Waals surface area contributed by atoms with Crippen molar-refractivity contribution in [2.24, 2.45) is 11.3 Å². The average Bonchev–Trinajstić information content (AvgIpc) is 2.80. The SMILES string of the molecule is N#CC1[CH]C(C#N)(C#N)C(C#N)(C#N)N(C(c2ccccc2)c2ccccc2)C1. The lowest BCUT2D eigenvalue weighted by Crippen LogP contribution is -2.64. The van der Waals surface area contributed by atoms with Crippen LogP contribution in [-0.4, -0.2) is 17.0 Å². The molecule has 6 heteroatoms. The Morgan fingerprint density at radius 1 is 0.759 bits per heavy atom. The molecule has 1 saturated heterocycles. The lowest BCUT2D eigenvalue weighted by molar-refractivity contribution is 0.0552. The Kier molecular flexibility index (Phi) is 5.30. The maximum Gasteiger partial charge on any atom is 0.229 e. The van der Waals surface area contributed by atoms with Crippen LogP contribution in [0.3, 0.4) is 0 Å². The van der Waals surface area contributed by atoms with E-state index in [9.17, 15) is 26.3 Å². The smallest absolute Gasteiger partial charge is 0.229 e. The van der Waals surface area contributed by atoms with E-state index in [-0.39, 0.29) is 6.54 Å². The fraction of sp³-hybridized carbons (Fsp3) is 0.217. The summed E-state index contributed by atoms with van der Waals surface area (Å²) in [5.74, 6) is -0.793. The van der Waals surface area contributed by atoms with Gasteiger partial charge in [0.25, 0.3) is 0 Å². The first-order chi connectivity index (χ1) is 14.1. The molecule has 137 valence electrons. The number of piperidine rings is 1. The molecule has 2 aromatic carbocycles. The van der Waals surface area contributed by atoms with Crippen molar-refractivity contribution in [1.82, 2.24) is 4.90 Å². The molecule has 0 amide bonds.